The molecule has 0 fully saturated rings. The summed E-state index contributed by atoms with van der Waals surface area (Å²) in [5.41, 5.74) is 1.35. The van der Waals surface area contributed by atoms with Gasteiger partial charge in [-0.2, -0.15) is 0 Å². The predicted octanol–water partition coefficient (Wildman–Crippen LogP) is 3.84. The van der Waals surface area contributed by atoms with Crippen molar-refractivity contribution in [1.29, 1.82) is 0 Å². The maximum absolute atomic E-state index is 12.4. The van der Waals surface area contributed by atoms with Crippen LogP contribution in [0.15, 0.2) is 4.79 Å². The van der Waals surface area contributed by atoms with Gasteiger partial charge < -0.3 is 4.98 Å². The zero-order valence-corrected chi connectivity index (χ0v) is 13.1. The molecule has 1 aliphatic carbocycles. The SMILES string of the molecule is CCCCCc1nc2sc3c(c2c(=O)[nH]1)CC(C)CC3. The third kappa shape index (κ3) is 2.53. The number of hydrogen-bond donors (Lipinski definition) is 1. The van der Waals surface area contributed by atoms with Crippen LogP contribution in [0.25, 0.3) is 10.2 Å². The summed E-state index contributed by atoms with van der Waals surface area (Å²) in [5.74, 6) is 1.55. The van der Waals surface area contributed by atoms with Crippen LogP contribution in [0.1, 0.15) is 55.8 Å². The van der Waals surface area contributed by atoms with Gasteiger partial charge in [0.05, 0.1) is 5.39 Å². The lowest BCUT2D eigenvalue weighted by Crippen LogP contribution is -2.15. The molecule has 3 rings (SSSR count). The van der Waals surface area contributed by atoms with Crippen LogP contribution < -0.4 is 5.56 Å². The van der Waals surface area contributed by atoms with E-state index >= 15 is 0 Å². The molecule has 2 aromatic heterocycles. The van der Waals surface area contributed by atoms with E-state index < -0.39 is 0 Å². The lowest BCUT2D eigenvalue weighted by molar-refractivity contribution is 0.508. The fourth-order valence-electron chi connectivity index (χ4n) is 3.06. The van der Waals surface area contributed by atoms with E-state index in [1.807, 2.05) is 0 Å². The molecular weight excluding hydrogens is 268 g/mol. The minimum absolute atomic E-state index is 0.0769. The maximum atomic E-state index is 12.4. The Morgan fingerprint density at radius 1 is 1.40 bits per heavy atom. The normalized spacial score (nSPS) is 18.4. The van der Waals surface area contributed by atoms with Crippen molar-refractivity contribution in [1.82, 2.24) is 9.97 Å². The van der Waals surface area contributed by atoms with Crippen molar-refractivity contribution in [2.24, 2.45) is 5.92 Å². The number of nitrogens with zero attached hydrogens (tertiary/aromatic N) is 1. The number of nitrogens with one attached hydrogen (secondary N) is 1. The van der Waals surface area contributed by atoms with Crippen molar-refractivity contribution >= 4 is 21.6 Å². The second kappa shape index (κ2) is 5.68. The topological polar surface area (TPSA) is 45.8 Å². The van der Waals surface area contributed by atoms with E-state index in [1.54, 1.807) is 11.3 Å². The highest BCUT2D eigenvalue weighted by Gasteiger charge is 2.22. The van der Waals surface area contributed by atoms with Crippen LogP contribution in [0.4, 0.5) is 0 Å². The molecular formula is C16H22N2OS. The highest BCUT2D eigenvalue weighted by atomic mass is 32.1. The van der Waals surface area contributed by atoms with Gasteiger partial charge in [-0.25, -0.2) is 4.98 Å². The quantitative estimate of drug-likeness (QED) is 0.870. The monoisotopic (exact) mass is 290 g/mol. The van der Waals surface area contributed by atoms with Gasteiger partial charge in [-0.15, -0.1) is 11.3 Å². The molecule has 1 N–H and O–H groups in total. The van der Waals surface area contributed by atoms with Gasteiger partial charge in [0.15, 0.2) is 0 Å². The van der Waals surface area contributed by atoms with Gasteiger partial charge in [0.1, 0.15) is 10.7 Å². The number of unbranched alkanes of at least 4 members (excludes halogenated alkanes) is 2. The summed E-state index contributed by atoms with van der Waals surface area (Å²) in [6.45, 7) is 4.46. The largest absolute Gasteiger partial charge is 0.310 e. The Hall–Kier alpha value is -1.16. The number of aromatic nitrogens is 2. The van der Waals surface area contributed by atoms with Gasteiger partial charge in [-0.3, -0.25) is 4.79 Å². The molecule has 0 saturated carbocycles. The first-order valence-electron chi connectivity index (χ1n) is 7.72. The zero-order valence-electron chi connectivity index (χ0n) is 12.3. The molecule has 0 aliphatic heterocycles. The van der Waals surface area contributed by atoms with E-state index in [2.05, 4.69) is 18.8 Å². The van der Waals surface area contributed by atoms with Crippen LogP contribution in [-0.4, -0.2) is 9.97 Å². The van der Waals surface area contributed by atoms with Crippen LogP contribution in [0.3, 0.4) is 0 Å². The third-order valence-electron chi connectivity index (χ3n) is 4.23. The second-order valence-corrected chi connectivity index (χ2v) is 7.09. The fraction of sp³-hybridized carbons (Fsp3) is 0.625. The fourth-order valence-corrected chi connectivity index (χ4v) is 4.30. The standard InChI is InChI=1S/C16H22N2OS/c1-3-4-5-6-13-17-15(19)14-11-9-10(2)7-8-12(11)20-16(14)18-13/h10H,3-9H2,1-2H3,(H,17,18,19). The molecule has 0 saturated heterocycles. The summed E-state index contributed by atoms with van der Waals surface area (Å²) in [6.07, 6.45) is 7.77. The Bertz CT molecular complexity index is 671. The number of fused-ring (bicyclic) bond motifs is 3. The summed E-state index contributed by atoms with van der Waals surface area (Å²) in [4.78, 5) is 22.4. The predicted molar refractivity (Wildman–Crippen MR) is 84.7 cm³/mol. The lowest BCUT2D eigenvalue weighted by Gasteiger charge is -2.17. The molecule has 0 bridgehead atoms. The highest BCUT2D eigenvalue weighted by Crippen LogP contribution is 2.35. The van der Waals surface area contributed by atoms with E-state index in [9.17, 15) is 4.79 Å². The Labute approximate surface area is 123 Å². The van der Waals surface area contributed by atoms with Gasteiger partial charge in [-0.1, -0.05) is 26.7 Å². The molecule has 3 nitrogen and oxygen atoms in total. The Kier molecular flexibility index (Phi) is 3.92. The smallest absolute Gasteiger partial charge is 0.259 e. The van der Waals surface area contributed by atoms with E-state index in [-0.39, 0.29) is 5.56 Å². The molecule has 1 aliphatic rings. The van der Waals surface area contributed by atoms with Gasteiger partial charge >= 0.3 is 0 Å². The van der Waals surface area contributed by atoms with E-state index in [4.69, 9.17) is 4.98 Å². The highest BCUT2D eigenvalue weighted by molar-refractivity contribution is 7.18. The minimum atomic E-state index is 0.0769. The van der Waals surface area contributed by atoms with Gasteiger partial charge in [0, 0.05) is 11.3 Å². The van der Waals surface area contributed by atoms with Crippen LogP contribution in [0.5, 0.6) is 0 Å². The van der Waals surface area contributed by atoms with Crippen LogP contribution in [0, 0.1) is 5.92 Å². The molecule has 20 heavy (non-hydrogen) atoms. The number of thiophene rings is 1. The summed E-state index contributed by atoms with van der Waals surface area (Å²) >= 11 is 1.74. The molecule has 0 aromatic carbocycles. The Morgan fingerprint density at radius 2 is 2.25 bits per heavy atom. The first-order valence-corrected chi connectivity index (χ1v) is 8.54. The van der Waals surface area contributed by atoms with Gasteiger partial charge in [0.2, 0.25) is 0 Å². The summed E-state index contributed by atoms with van der Waals surface area (Å²) in [6, 6.07) is 0. The first kappa shape index (κ1) is 13.8. The molecule has 0 spiro atoms. The maximum Gasteiger partial charge on any atom is 0.259 e. The average molecular weight is 290 g/mol. The Morgan fingerprint density at radius 3 is 3.05 bits per heavy atom. The minimum Gasteiger partial charge on any atom is -0.310 e. The number of aromatic amines is 1. The van der Waals surface area contributed by atoms with Crippen LogP contribution in [-0.2, 0) is 19.3 Å². The van der Waals surface area contributed by atoms with Crippen molar-refractivity contribution in [2.45, 2.75) is 58.8 Å². The molecule has 0 amide bonds. The van der Waals surface area contributed by atoms with Crippen LogP contribution >= 0.6 is 11.3 Å². The average Bonchev–Trinajstić information content (AvgIpc) is 2.77. The molecule has 108 valence electrons. The van der Waals surface area contributed by atoms with Gasteiger partial charge in [0.25, 0.3) is 5.56 Å². The molecule has 0 radical (unpaired) electrons. The van der Waals surface area contributed by atoms with Crippen LogP contribution in [0.2, 0.25) is 0 Å². The van der Waals surface area contributed by atoms with Crippen molar-refractivity contribution in [3.63, 3.8) is 0 Å². The molecule has 4 heteroatoms. The van der Waals surface area contributed by atoms with E-state index in [0.717, 1.165) is 41.7 Å². The summed E-state index contributed by atoms with van der Waals surface area (Å²) in [7, 11) is 0. The summed E-state index contributed by atoms with van der Waals surface area (Å²) in [5, 5.41) is 0.871. The lowest BCUT2D eigenvalue weighted by atomic mass is 9.89. The third-order valence-corrected chi connectivity index (χ3v) is 5.41. The first-order chi connectivity index (χ1) is 9.69. The van der Waals surface area contributed by atoms with E-state index in [0.29, 0.717) is 5.92 Å². The van der Waals surface area contributed by atoms with Crippen molar-refractivity contribution in [3.8, 4) is 0 Å². The molecule has 2 aromatic rings. The second-order valence-electron chi connectivity index (χ2n) is 6.00. The van der Waals surface area contributed by atoms with E-state index in [1.165, 1.54) is 29.7 Å². The number of rotatable bonds is 4. The summed E-state index contributed by atoms with van der Waals surface area (Å²) < 4.78 is 0. The molecule has 1 atom stereocenters. The number of H-pyrrole nitrogens is 1. The zero-order chi connectivity index (χ0) is 14.1. The van der Waals surface area contributed by atoms with Crippen molar-refractivity contribution < 1.29 is 0 Å². The van der Waals surface area contributed by atoms with Crippen molar-refractivity contribution in [3.05, 3.63) is 26.6 Å². The number of hydrogen-bond acceptors (Lipinski definition) is 3. The molecule has 2 heterocycles. The van der Waals surface area contributed by atoms with Crippen molar-refractivity contribution in [2.75, 3.05) is 0 Å². The molecule has 1 unspecified atom stereocenters. The number of aryl methyl sites for hydroxylation is 2. The Balaban J connectivity index is 1.99. The van der Waals surface area contributed by atoms with Gasteiger partial charge in [-0.05, 0) is 37.2 Å².